The fourth-order valence-corrected chi connectivity index (χ4v) is 4.61. The van der Waals surface area contributed by atoms with Crippen molar-refractivity contribution in [3.05, 3.63) is 35.4 Å². The highest BCUT2D eigenvalue weighted by molar-refractivity contribution is 7.99. The van der Waals surface area contributed by atoms with Gasteiger partial charge in [0, 0.05) is 23.9 Å². The van der Waals surface area contributed by atoms with Crippen molar-refractivity contribution in [3.63, 3.8) is 0 Å². The summed E-state index contributed by atoms with van der Waals surface area (Å²) in [6.07, 6.45) is 9.00. The fraction of sp³-hybridized carbons (Fsp3) is 0.647. The third-order valence-electron chi connectivity index (χ3n) is 4.78. The van der Waals surface area contributed by atoms with Crippen LogP contribution in [0.2, 0.25) is 0 Å². The lowest BCUT2D eigenvalue weighted by Crippen LogP contribution is -2.42. The van der Waals surface area contributed by atoms with Gasteiger partial charge in [-0.3, -0.25) is 0 Å². The van der Waals surface area contributed by atoms with Crippen LogP contribution in [0.25, 0.3) is 0 Å². The molecule has 3 unspecified atom stereocenters. The summed E-state index contributed by atoms with van der Waals surface area (Å²) >= 11 is 2.05. The third kappa shape index (κ3) is 3.21. The Bertz CT molecular complexity index is 435. The highest BCUT2D eigenvalue weighted by atomic mass is 32.2. The van der Waals surface area contributed by atoms with Gasteiger partial charge in [-0.15, -0.1) is 0 Å². The van der Waals surface area contributed by atoms with Crippen molar-refractivity contribution in [2.75, 3.05) is 12.8 Å². The van der Waals surface area contributed by atoms with Crippen LogP contribution in [0.1, 0.15) is 49.3 Å². The second-order valence-electron chi connectivity index (χ2n) is 6.05. The molecule has 0 saturated heterocycles. The normalized spacial score (nSPS) is 30.6. The van der Waals surface area contributed by atoms with E-state index in [0.717, 1.165) is 18.3 Å². The quantitative estimate of drug-likeness (QED) is 0.891. The average molecular weight is 290 g/mol. The SMILES string of the molecule is CSC1CCCCC1NC1CCNCc2ccccc21. The molecule has 1 aromatic rings. The topological polar surface area (TPSA) is 24.1 Å². The van der Waals surface area contributed by atoms with Gasteiger partial charge in [0.1, 0.15) is 0 Å². The molecule has 1 aromatic carbocycles. The van der Waals surface area contributed by atoms with E-state index in [-0.39, 0.29) is 0 Å². The number of rotatable bonds is 3. The zero-order valence-corrected chi connectivity index (χ0v) is 13.2. The van der Waals surface area contributed by atoms with Gasteiger partial charge >= 0.3 is 0 Å². The molecule has 2 N–H and O–H groups in total. The molecule has 3 atom stereocenters. The molecule has 0 amide bonds. The Balaban J connectivity index is 1.76. The minimum atomic E-state index is 0.527. The van der Waals surface area contributed by atoms with Crippen LogP contribution in [0.3, 0.4) is 0 Å². The number of thioether (sulfide) groups is 1. The predicted molar refractivity (Wildman–Crippen MR) is 88.2 cm³/mol. The summed E-state index contributed by atoms with van der Waals surface area (Å²) in [5.41, 5.74) is 2.99. The largest absolute Gasteiger partial charge is 0.313 e. The molecule has 1 aliphatic heterocycles. The number of hydrogen-bond acceptors (Lipinski definition) is 3. The van der Waals surface area contributed by atoms with E-state index in [1.165, 1.54) is 43.2 Å². The van der Waals surface area contributed by atoms with Gasteiger partial charge in [-0.2, -0.15) is 11.8 Å². The molecule has 0 spiro atoms. The summed E-state index contributed by atoms with van der Waals surface area (Å²) in [7, 11) is 0. The van der Waals surface area contributed by atoms with Crippen LogP contribution < -0.4 is 10.6 Å². The first-order valence-corrected chi connectivity index (χ1v) is 9.24. The number of hydrogen-bond donors (Lipinski definition) is 2. The number of benzene rings is 1. The fourth-order valence-electron chi connectivity index (χ4n) is 3.66. The average Bonchev–Trinajstić information content (AvgIpc) is 2.71. The zero-order valence-electron chi connectivity index (χ0n) is 12.4. The molecule has 2 nitrogen and oxygen atoms in total. The lowest BCUT2D eigenvalue weighted by Gasteiger charge is -2.34. The summed E-state index contributed by atoms with van der Waals surface area (Å²) in [4.78, 5) is 0. The zero-order chi connectivity index (χ0) is 13.8. The number of nitrogens with one attached hydrogen (secondary N) is 2. The first-order valence-electron chi connectivity index (χ1n) is 7.96. The van der Waals surface area contributed by atoms with Crippen molar-refractivity contribution < 1.29 is 0 Å². The van der Waals surface area contributed by atoms with Crippen molar-refractivity contribution in [2.24, 2.45) is 0 Å². The molecular weight excluding hydrogens is 264 g/mol. The standard InChI is InChI=1S/C17H26N2S/c1-20-17-9-5-4-8-16(17)19-15-10-11-18-12-13-6-2-3-7-14(13)15/h2-3,6-7,15-19H,4-5,8-12H2,1H3. The molecule has 1 aliphatic carbocycles. The monoisotopic (exact) mass is 290 g/mol. The van der Waals surface area contributed by atoms with Crippen LogP contribution in [-0.4, -0.2) is 24.1 Å². The molecule has 1 heterocycles. The van der Waals surface area contributed by atoms with E-state index in [1.54, 1.807) is 0 Å². The second-order valence-corrected chi connectivity index (χ2v) is 7.13. The molecule has 0 aromatic heterocycles. The van der Waals surface area contributed by atoms with Crippen molar-refractivity contribution >= 4 is 11.8 Å². The van der Waals surface area contributed by atoms with E-state index in [4.69, 9.17) is 0 Å². The maximum Gasteiger partial charge on any atom is 0.0338 e. The third-order valence-corrected chi connectivity index (χ3v) is 5.95. The molecule has 0 radical (unpaired) electrons. The molecule has 1 saturated carbocycles. The van der Waals surface area contributed by atoms with Crippen molar-refractivity contribution in [1.82, 2.24) is 10.6 Å². The Labute approximate surface area is 127 Å². The van der Waals surface area contributed by atoms with Gasteiger partial charge in [-0.05, 0) is 43.2 Å². The van der Waals surface area contributed by atoms with E-state index >= 15 is 0 Å². The Morgan fingerprint density at radius 2 is 2.00 bits per heavy atom. The Morgan fingerprint density at radius 1 is 1.15 bits per heavy atom. The Kier molecular flexibility index (Phi) is 5.03. The van der Waals surface area contributed by atoms with E-state index < -0.39 is 0 Å². The minimum absolute atomic E-state index is 0.527. The molecule has 1 fully saturated rings. The van der Waals surface area contributed by atoms with Crippen LogP contribution in [0.15, 0.2) is 24.3 Å². The lowest BCUT2D eigenvalue weighted by atomic mass is 9.92. The number of fused-ring (bicyclic) bond motifs is 1. The van der Waals surface area contributed by atoms with Gasteiger partial charge in [0.15, 0.2) is 0 Å². The van der Waals surface area contributed by atoms with Crippen LogP contribution in [0.5, 0.6) is 0 Å². The molecule has 2 aliphatic rings. The molecular formula is C17H26N2S. The van der Waals surface area contributed by atoms with Crippen LogP contribution in [0.4, 0.5) is 0 Å². The Hall–Kier alpha value is -0.510. The lowest BCUT2D eigenvalue weighted by molar-refractivity contribution is 0.339. The molecule has 3 rings (SSSR count). The van der Waals surface area contributed by atoms with Crippen molar-refractivity contribution in [3.8, 4) is 0 Å². The minimum Gasteiger partial charge on any atom is -0.313 e. The van der Waals surface area contributed by atoms with Crippen molar-refractivity contribution in [1.29, 1.82) is 0 Å². The molecule has 110 valence electrons. The smallest absolute Gasteiger partial charge is 0.0338 e. The van der Waals surface area contributed by atoms with Crippen LogP contribution in [0, 0.1) is 0 Å². The highest BCUT2D eigenvalue weighted by Crippen LogP contribution is 2.31. The van der Waals surface area contributed by atoms with Gasteiger partial charge in [0.25, 0.3) is 0 Å². The van der Waals surface area contributed by atoms with Gasteiger partial charge < -0.3 is 10.6 Å². The van der Waals surface area contributed by atoms with Crippen LogP contribution in [-0.2, 0) is 6.54 Å². The summed E-state index contributed by atoms with van der Waals surface area (Å²) in [5, 5.41) is 8.34. The van der Waals surface area contributed by atoms with E-state index in [0.29, 0.717) is 12.1 Å². The summed E-state index contributed by atoms with van der Waals surface area (Å²) in [6.45, 7) is 2.13. The summed E-state index contributed by atoms with van der Waals surface area (Å²) in [6, 6.07) is 10.2. The van der Waals surface area contributed by atoms with Gasteiger partial charge in [0.2, 0.25) is 0 Å². The predicted octanol–water partition coefficient (Wildman–Crippen LogP) is 3.48. The first kappa shape index (κ1) is 14.4. The van der Waals surface area contributed by atoms with E-state index in [9.17, 15) is 0 Å². The molecule has 0 bridgehead atoms. The maximum absolute atomic E-state index is 3.99. The summed E-state index contributed by atoms with van der Waals surface area (Å²) in [5.74, 6) is 0. The van der Waals surface area contributed by atoms with Gasteiger partial charge in [0.05, 0.1) is 0 Å². The van der Waals surface area contributed by atoms with E-state index in [2.05, 4.69) is 52.9 Å². The molecule has 20 heavy (non-hydrogen) atoms. The van der Waals surface area contributed by atoms with Crippen molar-refractivity contribution in [2.45, 2.75) is 56.0 Å². The highest BCUT2D eigenvalue weighted by Gasteiger charge is 2.28. The second kappa shape index (κ2) is 6.97. The summed E-state index contributed by atoms with van der Waals surface area (Å²) < 4.78 is 0. The maximum atomic E-state index is 3.99. The Morgan fingerprint density at radius 3 is 2.90 bits per heavy atom. The van der Waals surface area contributed by atoms with E-state index in [1.807, 2.05) is 0 Å². The van der Waals surface area contributed by atoms with Gasteiger partial charge in [-0.1, -0.05) is 37.1 Å². The van der Waals surface area contributed by atoms with Gasteiger partial charge in [-0.25, -0.2) is 0 Å². The molecule has 3 heteroatoms. The first-order chi connectivity index (χ1) is 9.88. The van der Waals surface area contributed by atoms with Crippen LogP contribution >= 0.6 is 11.8 Å².